The maximum Gasteiger partial charge on any atom is 0.236 e. The van der Waals surface area contributed by atoms with E-state index in [-0.39, 0.29) is 40.9 Å². The molecule has 2 aliphatic carbocycles. The predicted octanol–water partition coefficient (Wildman–Crippen LogP) is 3.51. The molecular weight excluding hydrogens is 444 g/mol. The van der Waals surface area contributed by atoms with Crippen LogP contribution in [-0.2, 0) is 16.0 Å². The Kier molecular flexibility index (Phi) is 7.89. The van der Waals surface area contributed by atoms with Crippen LogP contribution in [0.4, 0.5) is 5.13 Å². The van der Waals surface area contributed by atoms with Gasteiger partial charge in [-0.3, -0.25) is 9.59 Å². The van der Waals surface area contributed by atoms with Gasteiger partial charge in [-0.25, -0.2) is 4.98 Å². The lowest BCUT2D eigenvalue weighted by molar-refractivity contribution is -0.143. The van der Waals surface area contributed by atoms with E-state index < -0.39 is 6.10 Å². The summed E-state index contributed by atoms with van der Waals surface area (Å²) < 4.78 is 0. The molecule has 3 rings (SSSR count). The Hall–Kier alpha value is -1.63. The fraction of sp³-hybridized carbons (Fsp3) is 0.739. The maximum absolute atomic E-state index is 12.9. The van der Waals surface area contributed by atoms with E-state index >= 15 is 0 Å². The molecule has 6 unspecified atom stereocenters. The second-order valence-electron chi connectivity index (χ2n) is 9.60. The Labute approximate surface area is 199 Å². The fourth-order valence-electron chi connectivity index (χ4n) is 5.75. The lowest BCUT2D eigenvalue weighted by Crippen LogP contribution is -2.53. The third-order valence-corrected chi connectivity index (χ3v) is 8.95. The molecule has 0 spiro atoms. The van der Waals surface area contributed by atoms with Gasteiger partial charge < -0.3 is 15.3 Å². The molecule has 2 aliphatic rings. The number of nitrogens with one attached hydrogen (secondary N) is 1. The van der Waals surface area contributed by atoms with Crippen LogP contribution in [0.15, 0.2) is 0 Å². The number of carbonyl (C=O) groups is 2. The molecular formula is C23H34N4O3S2. The van der Waals surface area contributed by atoms with Gasteiger partial charge in [0.1, 0.15) is 0 Å². The number of aliphatic hydroxyl groups is 1. The van der Waals surface area contributed by atoms with Crippen molar-refractivity contribution in [2.24, 2.45) is 23.2 Å². The van der Waals surface area contributed by atoms with Gasteiger partial charge in [0.25, 0.3) is 0 Å². The lowest BCUT2D eigenvalue weighted by Gasteiger charge is -2.53. The minimum atomic E-state index is -0.601. The zero-order chi connectivity index (χ0) is 23.6. The summed E-state index contributed by atoms with van der Waals surface area (Å²) in [6, 6.07) is 2.08. The van der Waals surface area contributed by atoms with Crippen molar-refractivity contribution in [3.63, 3.8) is 0 Å². The average molecular weight is 479 g/mol. The van der Waals surface area contributed by atoms with Gasteiger partial charge in [-0.05, 0) is 42.8 Å². The number of thiazole rings is 1. The molecule has 1 aromatic heterocycles. The SMILES string of the molecule is CSCC(=O)Nc1nc2c(s1)CC1(C)CCC(C(C)C(=O)N(C)CCC#N)C(O)C1C2C. The number of hydrogen-bond acceptors (Lipinski definition) is 7. The van der Waals surface area contributed by atoms with Crippen molar-refractivity contribution in [2.45, 2.75) is 58.5 Å². The summed E-state index contributed by atoms with van der Waals surface area (Å²) >= 11 is 3.03. The van der Waals surface area contributed by atoms with E-state index in [2.05, 4.69) is 25.2 Å². The molecule has 1 fully saturated rings. The Bertz CT molecular complexity index is 898. The summed E-state index contributed by atoms with van der Waals surface area (Å²) in [4.78, 5) is 32.5. The molecule has 2 amide bonds. The van der Waals surface area contributed by atoms with E-state index in [1.54, 1.807) is 23.3 Å². The molecule has 176 valence electrons. The summed E-state index contributed by atoms with van der Waals surface area (Å²) in [6.07, 6.45) is 4.17. The largest absolute Gasteiger partial charge is 0.392 e. The number of carbonyl (C=O) groups excluding carboxylic acids is 2. The van der Waals surface area contributed by atoms with Gasteiger partial charge in [0, 0.05) is 30.3 Å². The number of nitrogens with zero attached hydrogens (tertiary/aromatic N) is 3. The highest BCUT2D eigenvalue weighted by atomic mass is 32.2. The van der Waals surface area contributed by atoms with Crippen LogP contribution in [0, 0.1) is 34.5 Å². The van der Waals surface area contributed by atoms with Crippen molar-refractivity contribution in [3.8, 4) is 6.07 Å². The zero-order valence-electron chi connectivity index (χ0n) is 19.6. The van der Waals surface area contributed by atoms with E-state index in [1.165, 1.54) is 16.6 Å². The van der Waals surface area contributed by atoms with E-state index in [4.69, 9.17) is 10.2 Å². The molecule has 0 aromatic carbocycles. The third-order valence-electron chi connectivity index (χ3n) is 7.41. The quantitative estimate of drug-likeness (QED) is 0.621. The summed E-state index contributed by atoms with van der Waals surface area (Å²) in [5, 5.41) is 23.9. The minimum absolute atomic E-state index is 0.00487. The first-order valence-electron chi connectivity index (χ1n) is 11.2. The molecule has 0 radical (unpaired) electrons. The maximum atomic E-state index is 12.9. The van der Waals surface area contributed by atoms with Gasteiger partial charge in [0.15, 0.2) is 5.13 Å². The van der Waals surface area contributed by atoms with Crippen molar-refractivity contribution in [3.05, 3.63) is 10.6 Å². The molecule has 0 saturated heterocycles. The summed E-state index contributed by atoms with van der Waals surface area (Å²) in [7, 11) is 1.73. The lowest BCUT2D eigenvalue weighted by atomic mass is 9.53. The predicted molar refractivity (Wildman–Crippen MR) is 129 cm³/mol. The van der Waals surface area contributed by atoms with Gasteiger partial charge in [0.2, 0.25) is 11.8 Å². The van der Waals surface area contributed by atoms with Gasteiger partial charge in [-0.15, -0.1) is 11.3 Å². The second-order valence-corrected chi connectivity index (χ2v) is 11.6. The first-order valence-corrected chi connectivity index (χ1v) is 13.4. The highest BCUT2D eigenvalue weighted by molar-refractivity contribution is 7.99. The number of hydrogen-bond donors (Lipinski definition) is 2. The molecule has 7 nitrogen and oxygen atoms in total. The van der Waals surface area contributed by atoms with Crippen LogP contribution in [-0.4, -0.2) is 58.5 Å². The Balaban J connectivity index is 1.79. The second kappa shape index (κ2) is 10.1. The molecule has 0 aliphatic heterocycles. The van der Waals surface area contributed by atoms with Gasteiger partial charge >= 0.3 is 0 Å². The van der Waals surface area contributed by atoms with E-state index in [9.17, 15) is 14.7 Å². The number of nitriles is 1. The Morgan fingerprint density at radius 2 is 2.22 bits per heavy atom. The Morgan fingerprint density at radius 1 is 1.50 bits per heavy atom. The van der Waals surface area contributed by atoms with Crippen LogP contribution < -0.4 is 5.32 Å². The summed E-state index contributed by atoms with van der Waals surface area (Å²) in [5.41, 5.74) is 0.909. The number of anilines is 1. The van der Waals surface area contributed by atoms with Crippen LogP contribution in [0.3, 0.4) is 0 Å². The van der Waals surface area contributed by atoms with Crippen molar-refractivity contribution in [1.82, 2.24) is 9.88 Å². The molecule has 1 aromatic rings. The first kappa shape index (κ1) is 25.0. The average Bonchev–Trinajstić information content (AvgIpc) is 3.12. The van der Waals surface area contributed by atoms with Crippen LogP contribution in [0.2, 0.25) is 0 Å². The normalized spacial score (nSPS) is 29.9. The van der Waals surface area contributed by atoms with E-state index in [0.29, 0.717) is 23.8 Å². The number of aliphatic hydroxyl groups excluding tert-OH is 1. The topological polar surface area (TPSA) is 106 Å². The smallest absolute Gasteiger partial charge is 0.236 e. The van der Waals surface area contributed by atoms with E-state index in [1.807, 2.05) is 13.2 Å². The van der Waals surface area contributed by atoms with Crippen LogP contribution in [0.5, 0.6) is 0 Å². The highest BCUT2D eigenvalue weighted by Crippen LogP contribution is 2.57. The van der Waals surface area contributed by atoms with Gasteiger partial charge in [0.05, 0.1) is 30.0 Å². The van der Waals surface area contributed by atoms with Gasteiger partial charge in [-0.2, -0.15) is 17.0 Å². The monoisotopic (exact) mass is 478 g/mol. The summed E-state index contributed by atoms with van der Waals surface area (Å²) in [5.74, 6) is -0.0303. The van der Waals surface area contributed by atoms with E-state index in [0.717, 1.165) is 25.0 Å². The first-order chi connectivity index (χ1) is 15.1. The number of thioether (sulfide) groups is 1. The molecule has 2 N–H and O–H groups in total. The highest BCUT2D eigenvalue weighted by Gasteiger charge is 2.54. The van der Waals surface area contributed by atoms with Crippen molar-refractivity contribution in [1.29, 1.82) is 5.26 Å². The number of amides is 2. The minimum Gasteiger partial charge on any atom is -0.392 e. The molecule has 1 saturated carbocycles. The third kappa shape index (κ3) is 4.82. The van der Waals surface area contributed by atoms with Gasteiger partial charge in [-0.1, -0.05) is 20.8 Å². The van der Waals surface area contributed by atoms with Crippen molar-refractivity contribution in [2.75, 3.05) is 30.9 Å². The zero-order valence-corrected chi connectivity index (χ0v) is 21.2. The standard InChI is InChI=1S/C23H34N4O3S2/c1-13(21(30)27(4)10-6-9-24)15-7-8-23(3)11-16-19(14(2)18(23)20(15)29)26-22(32-16)25-17(28)12-31-5/h13-15,18,20,29H,6-8,10-12H2,1-5H3,(H,25,26,28). The molecule has 0 bridgehead atoms. The molecule has 9 heteroatoms. The van der Waals surface area contributed by atoms with Crippen LogP contribution in [0.25, 0.3) is 0 Å². The fourth-order valence-corrected chi connectivity index (χ4v) is 7.36. The molecule has 1 heterocycles. The number of rotatable bonds is 7. The van der Waals surface area contributed by atoms with Crippen molar-refractivity contribution < 1.29 is 14.7 Å². The van der Waals surface area contributed by atoms with Crippen LogP contribution in [0.1, 0.15) is 56.5 Å². The summed E-state index contributed by atoms with van der Waals surface area (Å²) in [6.45, 7) is 6.68. The Morgan fingerprint density at radius 3 is 2.88 bits per heavy atom. The van der Waals surface area contributed by atoms with Crippen molar-refractivity contribution >= 4 is 40.0 Å². The number of fused-ring (bicyclic) bond motifs is 2. The molecule has 6 atom stereocenters. The molecule has 32 heavy (non-hydrogen) atoms. The number of aromatic nitrogens is 1. The van der Waals surface area contributed by atoms with Crippen LogP contribution >= 0.6 is 23.1 Å².